The average molecular weight is 965 g/mol. The van der Waals surface area contributed by atoms with E-state index in [1.165, 1.54) is 47.3 Å². The highest BCUT2D eigenvalue weighted by atomic mass is 32.1. The maximum Gasteiger partial charge on any atom is 0.159 e. The minimum Gasteiger partial charge on any atom is -0.456 e. The molecule has 15 aromatic rings. The van der Waals surface area contributed by atoms with Crippen LogP contribution in [0.3, 0.4) is 0 Å². The Kier molecular flexibility index (Phi) is 9.62. The van der Waals surface area contributed by atoms with Crippen LogP contribution in [-0.4, -0.2) is 0 Å². The van der Waals surface area contributed by atoms with Crippen molar-refractivity contribution in [1.29, 1.82) is 0 Å². The Hall–Kier alpha value is -9.42. The Morgan fingerprint density at radius 2 is 0.838 bits per heavy atom. The van der Waals surface area contributed by atoms with Crippen LogP contribution < -0.4 is 9.80 Å². The molecule has 0 bridgehead atoms. The number of fused-ring (bicyclic) bond motifs is 14. The van der Waals surface area contributed by atoms with Crippen molar-refractivity contribution in [3.63, 3.8) is 0 Å². The number of hydrogen-bond acceptors (Lipinski definition) is 5. The minimum atomic E-state index is 0.856. The van der Waals surface area contributed by atoms with Crippen molar-refractivity contribution in [2.24, 2.45) is 0 Å². The standard InChI is InChI=1S/C69H44N2O2S/c1-43-18-16-27-53-57-40-46(70(59-29-12-8-23-49(59)44-19-4-2-5-20-44)47-36-39-64-58(41-47)52-26-11-14-32-62(52)72-64)34-37-55(57)69-67(66(43)53)56-38-35-48(42-65(56)74-69)71(60-30-13-9-24-50(60)45-21-6-3-7-22-45)61-31-17-28-54-51-25-10-15-33-63(51)73-68(54)61/h2-42H,1H3. The van der Waals surface area contributed by atoms with E-state index < -0.39 is 0 Å². The lowest BCUT2D eigenvalue weighted by Crippen LogP contribution is -2.11. The Balaban J connectivity index is 0.962. The molecule has 15 rings (SSSR count). The van der Waals surface area contributed by atoms with E-state index in [4.69, 9.17) is 8.83 Å². The summed E-state index contributed by atoms with van der Waals surface area (Å²) < 4.78 is 15.7. The molecule has 0 spiro atoms. The van der Waals surface area contributed by atoms with E-state index in [1.54, 1.807) is 0 Å². The molecule has 0 aliphatic rings. The highest BCUT2D eigenvalue weighted by molar-refractivity contribution is 7.27. The Morgan fingerprint density at radius 3 is 1.57 bits per heavy atom. The lowest BCUT2D eigenvalue weighted by atomic mass is 9.93. The van der Waals surface area contributed by atoms with Crippen LogP contribution in [0.1, 0.15) is 5.56 Å². The number of nitrogens with zero attached hydrogens (tertiary/aromatic N) is 2. The van der Waals surface area contributed by atoms with Gasteiger partial charge in [-0.25, -0.2) is 0 Å². The molecule has 0 N–H and O–H groups in total. The Morgan fingerprint density at radius 1 is 0.324 bits per heavy atom. The molecule has 0 aliphatic heterocycles. The number of benzene rings is 12. The van der Waals surface area contributed by atoms with Gasteiger partial charge in [-0.2, -0.15) is 0 Å². The summed E-state index contributed by atoms with van der Waals surface area (Å²) in [6, 6.07) is 89.6. The zero-order chi connectivity index (χ0) is 48.9. The van der Waals surface area contributed by atoms with Crippen molar-refractivity contribution >= 4 is 131 Å². The average Bonchev–Trinajstić information content (AvgIpc) is 4.16. The number of anilines is 6. The van der Waals surface area contributed by atoms with Crippen LogP contribution in [0.4, 0.5) is 34.1 Å². The fourth-order valence-corrected chi connectivity index (χ4v) is 12.9. The maximum atomic E-state index is 6.80. The van der Waals surface area contributed by atoms with Crippen LogP contribution in [0.5, 0.6) is 0 Å². The predicted molar refractivity (Wildman–Crippen MR) is 314 cm³/mol. The van der Waals surface area contributed by atoms with Crippen molar-refractivity contribution in [3.05, 3.63) is 254 Å². The second-order valence-electron chi connectivity index (χ2n) is 19.2. The molecule has 3 heterocycles. The van der Waals surface area contributed by atoms with Gasteiger partial charge >= 0.3 is 0 Å². The van der Waals surface area contributed by atoms with Gasteiger partial charge in [0.1, 0.15) is 16.7 Å². The van der Waals surface area contributed by atoms with E-state index in [9.17, 15) is 0 Å². The molecular formula is C69H44N2O2S. The monoisotopic (exact) mass is 964 g/mol. The van der Waals surface area contributed by atoms with Crippen LogP contribution in [0.2, 0.25) is 0 Å². The largest absolute Gasteiger partial charge is 0.456 e. The molecule has 5 heteroatoms. The quantitative estimate of drug-likeness (QED) is 0.142. The van der Waals surface area contributed by atoms with Gasteiger partial charge in [0.05, 0.1) is 17.1 Å². The summed E-state index contributed by atoms with van der Waals surface area (Å²) in [5.74, 6) is 0. The summed E-state index contributed by atoms with van der Waals surface area (Å²) in [5, 5.41) is 11.9. The van der Waals surface area contributed by atoms with Crippen LogP contribution in [-0.2, 0) is 0 Å². The summed E-state index contributed by atoms with van der Waals surface area (Å²) in [6.45, 7) is 2.26. The van der Waals surface area contributed by atoms with Crippen LogP contribution in [0.15, 0.2) is 258 Å². The molecule has 0 saturated carbocycles. The molecule has 0 aliphatic carbocycles. The van der Waals surface area contributed by atoms with Gasteiger partial charge in [0.2, 0.25) is 0 Å². The van der Waals surface area contributed by atoms with E-state index >= 15 is 0 Å². The molecule has 0 radical (unpaired) electrons. The van der Waals surface area contributed by atoms with Crippen LogP contribution in [0, 0.1) is 6.92 Å². The summed E-state index contributed by atoms with van der Waals surface area (Å²) in [5.41, 5.74) is 15.7. The second kappa shape index (κ2) is 16.8. The third-order valence-corrected chi connectivity index (χ3v) is 16.1. The van der Waals surface area contributed by atoms with Gasteiger partial charge < -0.3 is 18.6 Å². The number of furan rings is 2. The molecule has 12 aromatic carbocycles. The molecular weight excluding hydrogens is 921 g/mol. The second-order valence-corrected chi connectivity index (χ2v) is 20.2. The van der Waals surface area contributed by atoms with E-state index in [1.807, 2.05) is 29.5 Å². The molecule has 74 heavy (non-hydrogen) atoms. The molecule has 4 nitrogen and oxygen atoms in total. The van der Waals surface area contributed by atoms with Crippen molar-refractivity contribution in [2.75, 3.05) is 9.80 Å². The van der Waals surface area contributed by atoms with Crippen molar-refractivity contribution < 1.29 is 8.83 Å². The Labute approximate surface area is 430 Å². The zero-order valence-corrected chi connectivity index (χ0v) is 41.1. The number of thiophene rings is 1. The number of para-hydroxylation sites is 5. The third-order valence-electron chi connectivity index (χ3n) is 15.0. The summed E-state index contributed by atoms with van der Waals surface area (Å²) >= 11 is 1.88. The van der Waals surface area contributed by atoms with E-state index in [-0.39, 0.29) is 0 Å². The van der Waals surface area contributed by atoms with Gasteiger partial charge in [-0.1, -0.05) is 176 Å². The first-order valence-corrected chi connectivity index (χ1v) is 26.0. The first-order chi connectivity index (χ1) is 36.6. The Bertz CT molecular complexity index is 4700. The minimum absolute atomic E-state index is 0.856. The topological polar surface area (TPSA) is 32.8 Å². The van der Waals surface area contributed by atoms with Gasteiger partial charge in [-0.05, 0) is 113 Å². The SMILES string of the molecule is Cc1cccc2c3cc(N(c4ccc5oc6ccccc6c5c4)c4ccccc4-c4ccccc4)ccc3c3sc4cc(N(c5ccccc5-c5ccccc5)c5cccc6c5oc5ccccc56)ccc4c3c12. The van der Waals surface area contributed by atoms with Crippen LogP contribution >= 0.6 is 11.3 Å². The van der Waals surface area contributed by atoms with E-state index in [0.29, 0.717) is 0 Å². The third kappa shape index (κ3) is 6.60. The van der Waals surface area contributed by atoms with Gasteiger partial charge in [-0.15, -0.1) is 11.3 Å². The molecule has 0 saturated heterocycles. The first-order valence-electron chi connectivity index (χ1n) is 25.1. The zero-order valence-electron chi connectivity index (χ0n) is 40.3. The summed E-state index contributed by atoms with van der Waals surface area (Å²) in [4.78, 5) is 4.83. The number of aryl methyl sites for hydroxylation is 1. The molecule has 0 amide bonds. The van der Waals surface area contributed by atoms with Crippen LogP contribution in [0.25, 0.3) is 108 Å². The fourth-order valence-electron chi connectivity index (χ4n) is 11.6. The van der Waals surface area contributed by atoms with Gasteiger partial charge in [0, 0.05) is 75.3 Å². The molecule has 348 valence electrons. The highest BCUT2D eigenvalue weighted by Crippen LogP contribution is 2.51. The molecule has 0 fully saturated rings. The maximum absolute atomic E-state index is 6.80. The molecule has 0 atom stereocenters. The normalized spacial score (nSPS) is 11.9. The lowest BCUT2D eigenvalue weighted by molar-refractivity contribution is 0.668. The predicted octanol–water partition coefficient (Wildman–Crippen LogP) is 20.7. The molecule has 0 unspecified atom stereocenters. The summed E-state index contributed by atoms with van der Waals surface area (Å²) in [6.07, 6.45) is 0. The fraction of sp³-hybridized carbons (Fsp3) is 0.0145. The number of hydrogen-bond donors (Lipinski definition) is 0. The number of rotatable bonds is 8. The smallest absolute Gasteiger partial charge is 0.159 e. The highest BCUT2D eigenvalue weighted by Gasteiger charge is 2.25. The lowest BCUT2D eigenvalue weighted by Gasteiger charge is -2.28. The van der Waals surface area contributed by atoms with Gasteiger partial charge in [0.25, 0.3) is 0 Å². The van der Waals surface area contributed by atoms with E-state index in [0.717, 1.165) is 100 Å². The van der Waals surface area contributed by atoms with Gasteiger partial charge in [-0.3, -0.25) is 0 Å². The van der Waals surface area contributed by atoms with Crippen molar-refractivity contribution in [3.8, 4) is 22.3 Å². The van der Waals surface area contributed by atoms with Gasteiger partial charge in [0.15, 0.2) is 5.58 Å². The van der Waals surface area contributed by atoms with Crippen molar-refractivity contribution in [2.45, 2.75) is 6.92 Å². The summed E-state index contributed by atoms with van der Waals surface area (Å²) in [7, 11) is 0. The first kappa shape index (κ1) is 42.3. The molecule has 3 aromatic heterocycles. The van der Waals surface area contributed by atoms with Crippen molar-refractivity contribution in [1.82, 2.24) is 0 Å². The van der Waals surface area contributed by atoms with E-state index in [2.05, 4.69) is 247 Å².